The fourth-order valence-electron chi connectivity index (χ4n) is 4.46. The summed E-state index contributed by atoms with van der Waals surface area (Å²) in [5.41, 5.74) is 5.44. The average molecular weight is 452 g/mol. The van der Waals surface area contributed by atoms with Gasteiger partial charge in [-0.15, -0.1) is 0 Å². The topological polar surface area (TPSA) is 53.7 Å². The van der Waals surface area contributed by atoms with Crippen LogP contribution in [0.4, 0.5) is 0 Å². The Labute approximate surface area is 200 Å². The number of nitrogens with zero attached hydrogens (tertiary/aromatic N) is 5. The van der Waals surface area contributed by atoms with Gasteiger partial charge in [-0.05, 0) is 12.0 Å². The molecule has 0 bridgehead atoms. The number of hydrogen-bond donors (Lipinski definition) is 0. The highest BCUT2D eigenvalue weighted by Crippen LogP contribution is 2.22. The van der Waals surface area contributed by atoms with Crippen molar-refractivity contribution in [2.75, 3.05) is 32.7 Å². The zero-order chi connectivity index (χ0) is 23.3. The minimum atomic E-state index is 0.0440. The molecule has 1 amide bonds. The van der Waals surface area contributed by atoms with Crippen LogP contribution in [0.1, 0.15) is 28.5 Å². The van der Waals surface area contributed by atoms with E-state index in [0.717, 1.165) is 42.2 Å². The third kappa shape index (κ3) is 4.63. The van der Waals surface area contributed by atoms with Gasteiger partial charge in [-0.1, -0.05) is 79.7 Å². The predicted molar refractivity (Wildman–Crippen MR) is 136 cm³/mol. The molecule has 0 atom stereocenters. The molecule has 0 spiro atoms. The molecule has 1 fully saturated rings. The van der Waals surface area contributed by atoms with Crippen molar-refractivity contribution in [2.24, 2.45) is 0 Å². The van der Waals surface area contributed by atoms with Crippen molar-refractivity contribution < 1.29 is 4.79 Å². The van der Waals surface area contributed by atoms with E-state index in [1.54, 1.807) is 6.20 Å². The van der Waals surface area contributed by atoms with Gasteiger partial charge < -0.3 is 4.90 Å². The quantitative estimate of drug-likeness (QED) is 0.435. The molecule has 0 N–H and O–H groups in total. The van der Waals surface area contributed by atoms with Crippen LogP contribution in [0.25, 0.3) is 23.0 Å². The van der Waals surface area contributed by atoms with Crippen molar-refractivity contribution in [3.05, 3.63) is 95.8 Å². The van der Waals surface area contributed by atoms with Gasteiger partial charge in [0.25, 0.3) is 5.91 Å². The lowest BCUT2D eigenvalue weighted by atomic mass is 10.1. The van der Waals surface area contributed by atoms with Crippen LogP contribution >= 0.6 is 0 Å². The summed E-state index contributed by atoms with van der Waals surface area (Å²) in [7, 11) is 0. The smallest absolute Gasteiger partial charge is 0.257 e. The van der Waals surface area contributed by atoms with Crippen molar-refractivity contribution in [2.45, 2.75) is 13.3 Å². The first kappa shape index (κ1) is 22.0. The molecule has 1 aliphatic heterocycles. The number of aromatic nitrogens is 3. The Morgan fingerprint density at radius 1 is 0.971 bits per heavy atom. The minimum absolute atomic E-state index is 0.0440. The molecule has 2 aromatic carbocycles. The van der Waals surface area contributed by atoms with Crippen LogP contribution in [0.2, 0.25) is 0 Å². The van der Waals surface area contributed by atoms with Crippen molar-refractivity contribution in [3.63, 3.8) is 0 Å². The van der Waals surface area contributed by atoms with Crippen molar-refractivity contribution in [1.29, 1.82) is 0 Å². The number of carbonyl (C=O) groups is 1. The second kappa shape index (κ2) is 10.0. The summed E-state index contributed by atoms with van der Waals surface area (Å²) in [5, 5.41) is 4.78. The van der Waals surface area contributed by atoms with Crippen molar-refractivity contribution >= 4 is 17.6 Å². The van der Waals surface area contributed by atoms with Gasteiger partial charge in [0.05, 0.1) is 17.0 Å². The molecule has 34 heavy (non-hydrogen) atoms. The number of aryl methyl sites for hydroxylation is 1. The van der Waals surface area contributed by atoms with E-state index >= 15 is 0 Å². The second-order valence-corrected chi connectivity index (χ2v) is 8.54. The van der Waals surface area contributed by atoms with Crippen LogP contribution < -0.4 is 0 Å². The SMILES string of the molecule is CCc1c(C(=O)N2CCN(CC=Cc3ccccc3)CC2)cnc2cc(-c3ccccc3)nn12. The molecule has 4 aromatic rings. The van der Waals surface area contributed by atoms with Crippen LogP contribution in [0.5, 0.6) is 0 Å². The normalized spacial score (nSPS) is 14.8. The van der Waals surface area contributed by atoms with Crippen LogP contribution in [0, 0.1) is 0 Å². The van der Waals surface area contributed by atoms with Gasteiger partial charge in [0.15, 0.2) is 5.65 Å². The summed E-state index contributed by atoms with van der Waals surface area (Å²) >= 11 is 0. The Balaban J connectivity index is 1.27. The van der Waals surface area contributed by atoms with Gasteiger partial charge in [-0.25, -0.2) is 9.50 Å². The van der Waals surface area contributed by atoms with Gasteiger partial charge in [-0.2, -0.15) is 5.10 Å². The Bertz CT molecular complexity index is 1290. The summed E-state index contributed by atoms with van der Waals surface area (Å²) in [5.74, 6) is 0.0440. The second-order valence-electron chi connectivity index (χ2n) is 8.54. The monoisotopic (exact) mass is 451 g/mol. The number of fused-ring (bicyclic) bond motifs is 1. The predicted octanol–water partition coefficient (Wildman–Crippen LogP) is 4.43. The van der Waals surface area contributed by atoms with E-state index in [1.165, 1.54) is 5.56 Å². The first-order chi connectivity index (χ1) is 16.7. The van der Waals surface area contributed by atoms with E-state index in [9.17, 15) is 4.79 Å². The molecule has 2 aromatic heterocycles. The summed E-state index contributed by atoms with van der Waals surface area (Å²) in [6.07, 6.45) is 6.78. The molecular weight excluding hydrogens is 422 g/mol. The lowest BCUT2D eigenvalue weighted by Gasteiger charge is -2.34. The third-order valence-electron chi connectivity index (χ3n) is 6.35. The first-order valence-electron chi connectivity index (χ1n) is 11.9. The van der Waals surface area contributed by atoms with Gasteiger partial charge in [-0.3, -0.25) is 9.69 Å². The molecule has 172 valence electrons. The maximum Gasteiger partial charge on any atom is 0.257 e. The largest absolute Gasteiger partial charge is 0.336 e. The zero-order valence-electron chi connectivity index (χ0n) is 19.5. The molecule has 5 rings (SSSR count). The fraction of sp³-hybridized carbons (Fsp3) is 0.250. The van der Waals surface area contributed by atoms with Crippen LogP contribution in [-0.4, -0.2) is 63.0 Å². The van der Waals surface area contributed by atoms with E-state index in [-0.39, 0.29) is 5.91 Å². The summed E-state index contributed by atoms with van der Waals surface area (Å²) < 4.78 is 1.83. The number of rotatable bonds is 6. The molecule has 1 saturated heterocycles. The maximum atomic E-state index is 13.4. The molecule has 6 nitrogen and oxygen atoms in total. The number of carbonyl (C=O) groups excluding carboxylic acids is 1. The molecule has 0 radical (unpaired) electrons. The number of hydrogen-bond acceptors (Lipinski definition) is 4. The van der Waals surface area contributed by atoms with Crippen LogP contribution in [0.15, 0.2) is 79.0 Å². The number of piperazine rings is 1. The maximum absolute atomic E-state index is 13.4. The Kier molecular flexibility index (Phi) is 6.49. The highest BCUT2D eigenvalue weighted by atomic mass is 16.2. The molecule has 0 saturated carbocycles. The van der Waals surface area contributed by atoms with Gasteiger partial charge in [0.1, 0.15) is 0 Å². The van der Waals surface area contributed by atoms with E-state index in [1.807, 2.05) is 64.0 Å². The van der Waals surface area contributed by atoms with E-state index in [0.29, 0.717) is 25.1 Å². The fourth-order valence-corrected chi connectivity index (χ4v) is 4.46. The minimum Gasteiger partial charge on any atom is -0.336 e. The third-order valence-corrected chi connectivity index (χ3v) is 6.35. The van der Waals surface area contributed by atoms with E-state index in [2.05, 4.69) is 41.1 Å². The lowest BCUT2D eigenvalue weighted by molar-refractivity contribution is 0.0648. The molecule has 0 unspecified atom stereocenters. The first-order valence-corrected chi connectivity index (χ1v) is 11.9. The summed E-state index contributed by atoms with van der Waals surface area (Å²) in [6.45, 7) is 6.11. The number of benzene rings is 2. The van der Waals surface area contributed by atoms with Gasteiger partial charge >= 0.3 is 0 Å². The van der Waals surface area contributed by atoms with Crippen LogP contribution in [0.3, 0.4) is 0 Å². The van der Waals surface area contributed by atoms with Crippen LogP contribution in [-0.2, 0) is 6.42 Å². The Morgan fingerprint density at radius 2 is 1.68 bits per heavy atom. The Morgan fingerprint density at radius 3 is 2.38 bits per heavy atom. The molecule has 6 heteroatoms. The molecule has 1 aliphatic rings. The van der Waals surface area contributed by atoms with Gasteiger partial charge in [0, 0.05) is 50.6 Å². The summed E-state index contributed by atoms with van der Waals surface area (Å²) in [4.78, 5) is 22.3. The van der Waals surface area contributed by atoms with Crippen molar-refractivity contribution in [1.82, 2.24) is 24.4 Å². The molecule has 0 aliphatic carbocycles. The lowest BCUT2D eigenvalue weighted by Crippen LogP contribution is -2.48. The number of amides is 1. The highest BCUT2D eigenvalue weighted by Gasteiger charge is 2.25. The van der Waals surface area contributed by atoms with Gasteiger partial charge in [0.2, 0.25) is 0 Å². The zero-order valence-corrected chi connectivity index (χ0v) is 19.5. The highest BCUT2D eigenvalue weighted by molar-refractivity contribution is 5.95. The molecule has 3 heterocycles. The Hall–Kier alpha value is -3.77. The molecular formula is C28H29N5O. The van der Waals surface area contributed by atoms with Crippen molar-refractivity contribution in [3.8, 4) is 11.3 Å². The summed E-state index contributed by atoms with van der Waals surface area (Å²) in [6, 6.07) is 22.4. The average Bonchev–Trinajstić information content (AvgIpc) is 3.34. The standard InChI is InChI=1S/C28H29N5O/c1-2-26-24(21-29-27-20-25(30-33(26)27)23-13-7-4-8-14-23)28(34)32-18-16-31(17-19-32)15-9-12-22-10-5-3-6-11-22/h3-14,20-21H,2,15-19H2,1H3. The van der Waals surface area contributed by atoms with E-state index < -0.39 is 0 Å². The van der Waals surface area contributed by atoms with E-state index in [4.69, 9.17) is 5.10 Å².